The molecule has 100 valence electrons. The van der Waals surface area contributed by atoms with E-state index in [-0.39, 0.29) is 12.1 Å². The smallest absolute Gasteiger partial charge is 0.321 e. The normalized spacial score (nSPS) is 24.7. The number of thiazole rings is 1. The lowest BCUT2D eigenvalue weighted by Crippen LogP contribution is -2.42. The lowest BCUT2D eigenvalue weighted by atomic mass is 10.2. The molecule has 2 rings (SSSR count). The van der Waals surface area contributed by atoms with E-state index in [1.165, 1.54) is 11.3 Å². The first-order valence-corrected chi connectivity index (χ1v) is 8.22. The maximum atomic E-state index is 12.1. The van der Waals surface area contributed by atoms with Gasteiger partial charge in [-0.3, -0.25) is 9.53 Å². The van der Waals surface area contributed by atoms with E-state index in [4.69, 9.17) is 0 Å². The number of carbonyl (C=O) groups excluding carboxylic acids is 1. The first-order valence-electron chi connectivity index (χ1n) is 5.91. The van der Waals surface area contributed by atoms with E-state index in [0.29, 0.717) is 23.2 Å². The van der Waals surface area contributed by atoms with Crippen molar-refractivity contribution in [2.45, 2.75) is 26.3 Å². The summed E-state index contributed by atoms with van der Waals surface area (Å²) in [6.45, 7) is 4.49. The van der Waals surface area contributed by atoms with Crippen LogP contribution >= 0.6 is 11.3 Å². The van der Waals surface area contributed by atoms with Gasteiger partial charge in [-0.1, -0.05) is 0 Å². The van der Waals surface area contributed by atoms with E-state index in [9.17, 15) is 9.00 Å². The Labute approximate surface area is 113 Å². The van der Waals surface area contributed by atoms with Crippen LogP contribution in [0.2, 0.25) is 0 Å². The van der Waals surface area contributed by atoms with Crippen LogP contribution in [-0.2, 0) is 10.8 Å². The number of rotatable bonds is 1. The van der Waals surface area contributed by atoms with Gasteiger partial charge in [0.1, 0.15) is 0 Å². The molecule has 7 heteroatoms. The van der Waals surface area contributed by atoms with Crippen LogP contribution in [0, 0.1) is 6.92 Å². The van der Waals surface area contributed by atoms with Crippen molar-refractivity contribution in [3.8, 4) is 0 Å². The monoisotopic (exact) mass is 287 g/mol. The molecular weight excluding hydrogens is 270 g/mol. The van der Waals surface area contributed by atoms with Crippen molar-refractivity contribution in [3.05, 3.63) is 11.1 Å². The molecule has 1 aliphatic rings. The summed E-state index contributed by atoms with van der Waals surface area (Å²) in [6.07, 6.45) is 2.53. The molecule has 1 aromatic heterocycles. The van der Waals surface area contributed by atoms with Gasteiger partial charge in [0.05, 0.1) is 0 Å². The maximum Gasteiger partial charge on any atom is 0.323 e. The number of nitrogens with zero attached hydrogens (tertiary/aromatic N) is 2. The van der Waals surface area contributed by atoms with Crippen LogP contribution in [0.5, 0.6) is 0 Å². The van der Waals surface area contributed by atoms with Gasteiger partial charge in [-0.2, -0.15) is 0 Å². The van der Waals surface area contributed by atoms with Crippen molar-refractivity contribution < 1.29 is 9.00 Å². The molecule has 1 fully saturated rings. The van der Waals surface area contributed by atoms with Gasteiger partial charge in [0, 0.05) is 46.0 Å². The van der Waals surface area contributed by atoms with Gasteiger partial charge in [-0.05, 0) is 20.3 Å². The van der Waals surface area contributed by atoms with Crippen molar-refractivity contribution >= 4 is 33.3 Å². The third kappa shape index (κ3) is 3.29. The van der Waals surface area contributed by atoms with Gasteiger partial charge in [0.25, 0.3) is 0 Å². The van der Waals surface area contributed by atoms with Gasteiger partial charge in [0.2, 0.25) is 0 Å². The molecule has 5 nitrogen and oxygen atoms in total. The SMILES string of the molecule is Cc1cnc(NC(=O)N2CCS(=O)CCC2C)s1. The fourth-order valence-corrected chi connectivity index (χ4v) is 3.72. The van der Waals surface area contributed by atoms with E-state index in [1.54, 1.807) is 11.1 Å². The zero-order chi connectivity index (χ0) is 13.1. The molecular formula is C11H17N3O2S2. The fraction of sp³-hybridized carbons (Fsp3) is 0.636. The van der Waals surface area contributed by atoms with Gasteiger partial charge in [0.15, 0.2) is 5.13 Å². The number of urea groups is 1. The van der Waals surface area contributed by atoms with Gasteiger partial charge >= 0.3 is 6.03 Å². The predicted molar refractivity (Wildman–Crippen MR) is 74.5 cm³/mol. The molecule has 1 aliphatic heterocycles. The minimum atomic E-state index is -0.793. The summed E-state index contributed by atoms with van der Waals surface area (Å²) in [4.78, 5) is 19.1. The Morgan fingerprint density at radius 1 is 1.61 bits per heavy atom. The molecule has 0 bridgehead atoms. The molecule has 1 aromatic rings. The van der Waals surface area contributed by atoms with Crippen LogP contribution in [0.4, 0.5) is 9.93 Å². The zero-order valence-electron chi connectivity index (χ0n) is 10.5. The third-order valence-electron chi connectivity index (χ3n) is 2.95. The highest BCUT2D eigenvalue weighted by Gasteiger charge is 2.24. The fourth-order valence-electron chi connectivity index (χ4n) is 1.86. The van der Waals surface area contributed by atoms with Crippen LogP contribution in [0.3, 0.4) is 0 Å². The number of hydrogen-bond donors (Lipinski definition) is 1. The summed E-state index contributed by atoms with van der Waals surface area (Å²) in [5.74, 6) is 1.25. The average molecular weight is 287 g/mol. The predicted octanol–water partition coefficient (Wildman–Crippen LogP) is 1.83. The van der Waals surface area contributed by atoms with Crippen LogP contribution < -0.4 is 5.32 Å². The summed E-state index contributed by atoms with van der Waals surface area (Å²) < 4.78 is 11.5. The van der Waals surface area contributed by atoms with Crippen LogP contribution in [0.15, 0.2) is 6.20 Å². The molecule has 0 radical (unpaired) electrons. The second-order valence-electron chi connectivity index (χ2n) is 4.39. The maximum absolute atomic E-state index is 12.1. The summed E-state index contributed by atoms with van der Waals surface area (Å²) in [5, 5.41) is 3.42. The molecule has 2 atom stereocenters. The van der Waals surface area contributed by atoms with Crippen molar-refractivity contribution in [1.29, 1.82) is 0 Å². The summed E-state index contributed by atoms with van der Waals surface area (Å²) in [5.41, 5.74) is 0. The standard InChI is InChI=1S/C11H17N3O2S2/c1-8-3-5-18(16)6-4-14(8)11(15)13-10-12-7-9(2)17-10/h7-8H,3-6H2,1-2H3,(H,12,13,15). The molecule has 0 spiro atoms. The number of hydrogen-bond acceptors (Lipinski definition) is 4. The van der Waals surface area contributed by atoms with Crippen molar-refractivity contribution in [3.63, 3.8) is 0 Å². The Kier molecular flexibility index (Phi) is 4.34. The number of carbonyl (C=O) groups is 1. The Balaban J connectivity index is 2.01. The lowest BCUT2D eigenvalue weighted by molar-refractivity contribution is 0.197. The molecule has 18 heavy (non-hydrogen) atoms. The van der Waals surface area contributed by atoms with E-state index >= 15 is 0 Å². The summed E-state index contributed by atoms with van der Waals surface area (Å²) in [7, 11) is -0.793. The largest absolute Gasteiger partial charge is 0.323 e. The quantitative estimate of drug-likeness (QED) is 0.857. The molecule has 1 N–H and O–H groups in total. The summed E-state index contributed by atoms with van der Waals surface area (Å²) >= 11 is 1.46. The number of aromatic nitrogens is 1. The van der Waals surface area contributed by atoms with Crippen molar-refractivity contribution in [2.24, 2.45) is 0 Å². The number of nitrogens with one attached hydrogen (secondary N) is 1. The lowest BCUT2D eigenvalue weighted by Gasteiger charge is -2.26. The highest BCUT2D eigenvalue weighted by atomic mass is 32.2. The average Bonchev–Trinajstić information content (AvgIpc) is 2.63. The van der Waals surface area contributed by atoms with Crippen molar-refractivity contribution in [2.75, 3.05) is 23.4 Å². The molecule has 0 aromatic carbocycles. The number of aryl methyl sites for hydroxylation is 1. The third-order valence-corrected chi connectivity index (χ3v) is 5.11. The highest BCUT2D eigenvalue weighted by Crippen LogP contribution is 2.18. The number of anilines is 1. The first-order chi connectivity index (χ1) is 8.56. The molecule has 0 aliphatic carbocycles. The first kappa shape index (κ1) is 13.5. The molecule has 0 saturated carbocycles. The minimum absolute atomic E-state index is 0.123. The molecule has 2 heterocycles. The Bertz CT molecular complexity index is 461. The van der Waals surface area contributed by atoms with Crippen molar-refractivity contribution in [1.82, 2.24) is 9.88 Å². The Morgan fingerprint density at radius 2 is 2.39 bits per heavy atom. The minimum Gasteiger partial charge on any atom is -0.321 e. The zero-order valence-corrected chi connectivity index (χ0v) is 12.1. The van der Waals surface area contributed by atoms with Crippen LogP contribution in [0.1, 0.15) is 18.2 Å². The topological polar surface area (TPSA) is 62.3 Å². The molecule has 2 amide bonds. The van der Waals surface area contributed by atoms with E-state index in [2.05, 4.69) is 10.3 Å². The van der Waals surface area contributed by atoms with E-state index < -0.39 is 10.8 Å². The number of amides is 2. The van der Waals surface area contributed by atoms with Gasteiger partial charge < -0.3 is 4.90 Å². The van der Waals surface area contributed by atoms with E-state index in [1.807, 2.05) is 13.8 Å². The Morgan fingerprint density at radius 3 is 3.06 bits per heavy atom. The van der Waals surface area contributed by atoms with E-state index in [0.717, 1.165) is 11.3 Å². The Hall–Kier alpha value is -0.950. The van der Waals surface area contributed by atoms with Crippen LogP contribution in [0.25, 0.3) is 0 Å². The second kappa shape index (κ2) is 5.79. The van der Waals surface area contributed by atoms with Crippen LogP contribution in [-0.4, -0.2) is 44.2 Å². The molecule has 2 unspecified atom stereocenters. The summed E-state index contributed by atoms with van der Waals surface area (Å²) in [6, 6.07) is -0.0201. The van der Waals surface area contributed by atoms with Gasteiger partial charge in [-0.25, -0.2) is 9.78 Å². The second-order valence-corrected chi connectivity index (χ2v) is 7.32. The highest BCUT2D eigenvalue weighted by molar-refractivity contribution is 7.85. The van der Waals surface area contributed by atoms with Gasteiger partial charge in [-0.15, -0.1) is 11.3 Å². The molecule has 1 saturated heterocycles.